The molecule has 0 bridgehead atoms. The molecule has 7 nitrogen and oxygen atoms in total. The normalized spacial score (nSPS) is 19.9. The third-order valence-electron chi connectivity index (χ3n) is 4.88. The topological polar surface area (TPSA) is 87.2 Å². The zero-order chi connectivity index (χ0) is 18.4. The molecule has 1 heterocycles. The van der Waals surface area contributed by atoms with Crippen molar-refractivity contribution in [3.8, 4) is 17.1 Å². The molecule has 0 radical (unpaired) electrons. The number of nitrogens with zero attached hydrogens (tertiary/aromatic N) is 3. The van der Waals surface area contributed by atoms with Crippen molar-refractivity contribution in [2.45, 2.75) is 45.2 Å². The van der Waals surface area contributed by atoms with Crippen LogP contribution < -0.4 is 15.4 Å². The van der Waals surface area contributed by atoms with Crippen molar-refractivity contribution < 1.29 is 4.74 Å². The fourth-order valence-corrected chi connectivity index (χ4v) is 3.20. The molecule has 0 saturated heterocycles. The number of ether oxygens (including phenoxy) is 1. The van der Waals surface area contributed by atoms with Crippen LogP contribution in [0.1, 0.15) is 38.4 Å². The van der Waals surface area contributed by atoms with Gasteiger partial charge in [0.05, 0.1) is 13.7 Å². The number of aliphatic imine (C=N–C) groups is 1. The van der Waals surface area contributed by atoms with E-state index >= 15 is 0 Å². The second-order valence-electron chi connectivity index (χ2n) is 6.86. The van der Waals surface area contributed by atoms with Gasteiger partial charge in [-0.3, -0.25) is 10.1 Å². The van der Waals surface area contributed by atoms with Gasteiger partial charge in [-0.15, -0.1) is 24.0 Å². The van der Waals surface area contributed by atoms with E-state index in [0.29, 0.717) is 18.4 Å². The molecule has 2 aromatic rings. The van der Waals surface area contributed by atoms with E-state index in [9.17, 15) is 0 Å². The monoisotopic (exact) mass is 484 g/mol. The standard InChI is InChI=1S/C19H28N6O.HI/c1-13-4-8-15(9-5-13)22-19(20-2)21-12-17-23-18(25-24-17)14-6-10-16(26-3)11-7-14;/h6-7,10-11,13,15H,4-5,8-9,12H2,1-3H3,(H2,20,21,22)(H,23,24,25);1H. The van der Waals surface area contributed by atoms with Crippen LogP contribution in [0.5, 0.6) is 5.75 Å². The Morgan fingerprint density at radius 2 is 1.93 bits per heavy atom. The summed E-state index contributed by atoms with van der Waals surface area (Å²) in [5, 5.41) is 14.1. The highest BCUT2D eigenvalue weighted by molar-refractivity contribution is 14.0. The van der Waals surface area contributed by atoms with Crippen LogP contribution >= 0.6 is 24.0 Å². The lowest BCUT2D eigenvalue weighted by Crippen LogP contribution is -2.44. The van der Waals surface area contributed by atoms with Gasteiger partial charge < -0.3 is 15.4 Å². The Bertz CT molecular complexity index is 722. The van der Waals surface area contributed by atoms with Crippen molar-refractivity contribution in [2.75, 3.05) is 14.2 Å². The van der Waals surface area contributed by atoms with Crippen LogP contribution in [-0.4, -0.2) is 41.3 Å². The van der Waals surface area contributed by atoms with Gasteiger partial charge in [0.2, 0.25) is 0 Å². The SMILES string of the molecule is CN=C(NCc1nc(-c2ccc(OC)cc2)n[nH]1)NC1CCC(C)CC1.I. The maximum Gasteiger partial charge on any atom is 0.191 e. The maximum atomic E-state index is 5.18. The second kappa shape index (κ2) is 10.5. The molecule has 27 heavy (non-hydrogen) atoms. The third-order valence-corrected chi connectivity index (χ3v) is 4.88. The summed E-state index contributed by atoms with van der Waals surface area (Å²) in [6.07, 6.45) is 4.96. The maximum absolute atomic E-state index is 5.18. The average Bonchev–Trinajstić information content (AvgIpc) is 3.15. The summed E-state index contributed by atoms with van der Waals surface area (Å²) >= 11 is 0. The summed E-state index contributed by atoms with van der Waals surface area (Å²) in [6.45, 7) is 2.87. The Morgan fingerprint density at radius 1 is 1.22 bits per heavy atom. The number of nitrogens with one attached hydrogen (secondary N) is 3. The zero-order valence-corrected chi connectivity index (χ0v) is 18.5. The minimum atomic E-state index is 0. The summed E-state index contributed by atoms with van der Waals surface area (Å²) in [5.74, 6) is 3.92. The van der Waals surface area contributed by atoms with Crippen LogP contribution in [0.15, 0.2) is 29.3 Å². The van der Waals surface area contributed by atoms with Gasteiger partial charge in [-0.1, -0.05) is 6.92 Å². The number of H-pyrrole nitrogens is 1. The molecule has 1 aromatic heterocycles. The molecule has 1 aliphatic carbocycles. The van der Waals surface area contributed by atoms with Crippen molar-refractivity contribution in [1.29, 1.82) is 0 Å². The molecule has 0 amide bonds. The predicted molar refractivity (Wildman–Crippen MR) is 119 cm³/mol. The summed E-state index contributed by atoms with van der Waals surface area (Å²) in [6, 6.07) is 8.20. The number of rotatable bonds is 5. The first kappa shape index (κ1) is 21.5. The van der Waals surface area contributed by atoms with E-state index in [0.717, 1.165) is 29.0 Å². The molecule has 1 aliphatic rings. The van der Waals surface area contributed by atoms with E-state index in [1.54, 1.807) is 14.2 Å². The molecule has 148 valence electrons. The number of benzene rings is 1. The van der Waals surface area contributed by atoms with Crippen molar-refractivity contribution in [3.63, 3.8) is 0 Å². The van der Waals surface area contributed by atoms with E-state index < -0.39 is 0 Å². The van der Waals surface area contributed by atoms with Crippen LogP contribution in [-0.2, 0) is 6.54 Å². The predicted octanol–water partition coefficient (Wildman–Crippen LogP) is 3.34. The minimum Gasteiger partial charge on any atom is -0.497 e. The Hall–Kier alpha value is -1.84. The summed E-state index contributed by atoms with van der Waals surface area (Å²) in [4.78, 5) is 8.86. The molecule has 3 N–H and O–H groups in total. The zero-order valence-electron chi connectivity index (χ0n) is 16.2. The molecule has 0 spiro atoms. The van der Waals surface area contributed by atoms with Crippen LogP contribution in [0.25, 0.3) is 11.4 Å². The fourth-order valence-electron chi connectivity index (χ4n) is 3.20. The Morgan fingerprint density at radius 3 is 2.56 bits per heavy atom. The molecule has 0 unspecified atom stereocenters. The van der Waals surface area contributed by atoms with Crippen LogP contribution in [0.2, 0.25) is 0 Å². The Labute approximate surface area is 177 Å². The molecule has 3 rings (SSSR count). The molecule has 8 heteroatoms. The lowest BCUT2D eigenvalue weighted by molar-refractivity contribution is 0.329. The minimum absolute atomic E-state index is 0. The molecular weight excluding hydrogens is 455 g/mol. The molecular formula is C19H29IN6O. The van der Waals surface area contributed by atoms with Gasteiger partial charge in [-0.2, -0.15) is 5.10 Å². The average molecular weight is 484 g/mol. The highest BCUT2D eigenvalue weighted by atomic mass is 127. The Kier molecular flexibility index (Phi) is 8.33. The molecule has 0 aliphatic heterocycles. The first-order valence-corrected chi connectivity index (χ1v) is 9.21. The largest absolute Gasteiger partial charge is 0.497 e. The number of aromatic amines is 1. The van der Waals surface area contributed by atoms with E-state index in [1.807, 2.05) is 24.3 Å². The van der Waals surface area contributed by atoms with Crippen molar-refractivity contribution in [2.24, 2.45) is 10.9 Å². The van der Waals surface area contributed by atoms with Gasteiger partial charge >= 0.3 is 0 Å². The lowest BCUT2D eigenvalue weighted by Gasteiger charge is -2.28. The number of guanidine groups is 1. The lowest BCUT2D eigenvalue weighted by atomic mass is 9.87. The number of methoxy groups -OCH3 is 1. The van der Waals surface area contributed by atoms with E-state index in [2.05, 4.69) is 37.7 Å². The van der Waals surface area contributed by atoms with Gasteiger partial charge in [-0.25, -0.2) is 4.98 Å². The van der Waals surface area contributed by atoms with Crippen molar-refractivity contribution >= 4 is 29.9 Å². The third kappa shape index (κ3) is 6.08. The second-order valence-corrected chi connectivity index (χ2v) is 6.86. The van der Waals surface area contributed by atoms with E-state index in [1.165, 1.54) is 25.7 Å². The fraction of sp³-hybridized carbons (Fsp3) is 0.526. The van der Waals surface area contributed by atoms with Crippen LogP contribution in [0.4, 0.5) is 0 Å². The van der Waals surface area contributed by atoms with Crippen LogP contribution in [0, 0.1) is 5.92 Å². The summed E-state index contributed by atoms with van der Waals surface area (Å²) in [5.41, 5.74) is 0.951. The number of halogens is 1. The van der Waals surface area contributed by atoms with Gasteiger partial charge in [0, 0.05) is 18.7 Å². The molecule has 1 fully saturated rings. The van der Waals surface area contributed by atoms with Gasteiger partial charge in [-0.05, 0) is 55.9 Å². The van der Waals surface area contributed by atoms with Gasteiger partial charge in [0.25, 0.3) is 0 Å². The molecule has 1 saturated carbocycles. The number of hydrogen-bond acceptors (Lipinski definition) is 4. The highest BCUT2D eigenvalue weighted by Crippen LogP contribution is 2.23. The van der Waals surface area contributed by atoms with Gasteiger partial charge in [0.1, 0.15) is 11.6 Å². The van der Waals surface area contributed by atoms with E-state index in [-0.39, 0.29) is 24.0 Å². The smallest absolute Gasteiger partial charge is 0.191 e. The van der Waals surface area contributed by atoms with Crippen LogP contribution in [0.3, 0.4) is 0 Å². The molecule has 0 atom stereocenters. The van der Waals surface area contributed by atoms with E-state index in [4.69, 9.17) is 4.74 Å². The Balaban J connectivity index is 0.00000261. The quantitative estimate of drug-likeness (QED) is 0.344. The van der Waals surface area contributed by atoms with Crippen molar-refractivity contribution in [3.05, 3.63) is 30.1 Å². The summed E-state index contributed by atoms with van der Waals surface area (Å²) in [7, 11) is 3.45. The van der Waals surface area contributed by atoms with Crippen molar-refractivity contribution in [1.82, 2.24) is 25.8 Å². The first-order valence-electron chi connectivity index (χ1n) is 9.21. The van der Waals surface area contributed by atoms with Gasteiger partial charge in [0.15, 0.2) is 11.8 Å². The summed E-state index contributed by atoms with van der Waals surface area (Å²) < 4.78 is 5.18. The number of aromatic nitrogens is 3. The number of hydrogen-bond donors (Lipinski definition) is 3. The first-order chi connectivity index (χ1) is 12.7. The highest BCUT2D eigenvalue weighted by Gasteiger charge is 2.19. The molecule has 1 aromatic carbocycles.